The molecule has 1 rings (SSSR count). The maximum atomic E-state index is 11.1. The minimum absolute atomic E-state index is 0.0939. The van der Waals surface area contributed by atoms with E-state index in [1.54, 1.807) is 18.9 Å². The van der Waals surface area contributed by atoms with Crippen LogP contribution in [-0.2, 0) is 9.59 Å². The Morgan fingerprint density at radius 3 is 2.73 bits per heavy atom. The van der Waals surface area contributed by atoms with Gasteiger partial charge in [-0.15, -0.1) is 0 Å². The predicted molar refractivity (Wildman–Crippen MR) is 41.1 cm³/mol. The number of nitrogens with zero attached hydrogens (tertiary/aromatic N) is 1. The third-order valence-corrected chi connectivity index (χ3v) is 2.20. The highest BCUT2D eigenvalue weighted by Gasteiger charge is 2.27. The summed E-state index contributed by atoms with van der Waals surface area (Å²) >= 11 is 0. The fourth-order valence-electron chi connectivity index (χ4n) is 1.47. The highest BCUT2D eigenvalue weighted by Crippen LogP contribution is 2.16. The zero-order valence-electron chi connectivity index (χ0n) is 6.96. The molecule has 1 heterocycles. The molecule has 62 valence electrons. The van der Waals surface area contributed by atoms with Crippen molar-refractivity contribution in [1.82, 2.24) is 4.90 Å². The summed E-state index contributed by atoms with van der Waals surface area (Å²) in [4.78, 5) is 23.6. The number of carbonyl (C=O) groups excluding carboxylic acids is 2. The van der Waals surface area contributed by atoms with Crippen molar-refractivity contribution in [1.29, 1.82) is 0 Å². The van der Waals surface area contributed by atoms with Gasteiger partial charge in [0.1, 0.15) is 0 Å². The number of ketones is 1. The number of rotatable bonds is 1. The number of likely N-dealkylation sites (N-methyl/N-ethyl adjacent to an activating group) is 1. The lowest BCUT2D eigenvalue weighted by molar-refractivity contribution is -0.140. The maximum absolute atomic E-state index is 11.1. The Labute approximate surface area is 66.4 Å². The van der Waals surface area contributed by atoms with Crippen molar-refractivity contribution < 1.29 is 9.59 Å². The monoisotopic (exact) mass is 155 g/mol. The van der Waals surface area contributed by atoms with E-state index in [0.29, 0.717) is 6.42 Å². The van der Waals surface area contributed by atoms with Crippen LogP contribution in [0.15, 0.2) is 0 Å². The van der Waals surface area contributed by atoms with Gasteiger partial charge in [0.05, 0.1) is 6.04 Å². The van der Waals surface area contributed by atoms with Gasteiger partial charge in [0, 0.05) is 13.5 Å². The molecule has 0 spiro atoms. The zero-order valence-corrected chi connectivity index (χ0v) is 6.96. The van der Waals surface area contributed by atoms with E-state index in [1.165, 1.54) is 0 Å². The molecule has 0 aromatic heterocycles. The van der Waals surface area contributed by atoms with Crippen LogP contribution in [-0.4, -0.2) is 29.7 Å². The standard InChI is InChI=1S/C8H13NO2/c1-6(10)7-4-3-5-8(11)9(7)2/h7H,3-5H2,1-2H3. The first-order valence-electron chi connectivity index (χ1n) is 3.89. The van der Waals surface area contributed by atoms with E-state index in [1.807, 2.05) is 0 Å². The first-order valence-corrected chi connectivity index (χ1v) is 3.89. The van der Waals surface area contributed by atoms with Crippen LogP contribution < -0.4 is 0 Å². The van der Waals surface area contributed by atoms with Gasteiger partial charge in [-0.25, -0.2) is 0 Å². The van der Waals surface area contributed by atoms with Crippen LogP contribution >= 0.6 is 0 Å². The van der Waals surface area contributed by atoms with Crippen molar-refractivity contribution in [3.8, 4) is 0 Å². The summed E-state index contributed by atoms with van der Waals surface area (Å²) in [5.74, 6) is 0.192. The molecule has 1 fully saturated rings. The van der Waals surface area contributed by atoms with Crippen LogP contribution in [0.4, 0.5) is 0 Å². The quantitative estimate of drug-likeness (QED) is 0.555. The second-order valence-electron chi connectivity index (χ2n) is 3.02. The number of hydrogen-bond acceptors (Lipinski definition) is 2. The van der Waals surface area contributed by atoms with Crippen molar-refractivity contribution in [2.75, 3.05) is 7.05 Å². The van der Waals surface area contributed by atoms with Gasteiger partial charge in [0.25, 0.3) is 0 Å². The lowest BCUT2D eigenvalue weighted by atomic mass is 10.00. The molecule has 3 nitrogen and oxygen atoms in total. The highest BCUT2D eigenvalue weighted by molar-refractivity contribution is 5.88. The third-order valence-electron chi connectivity index (χ3n) is 2.20. The highest BCUT2D eigenvalue weighted by atomic mass is 16.2. The fraction of sp³-hybridized carbons (Fsp3) is 0.750. The summed E-state index contributed by atoms with van der Waals surface area (Å²) < 4.78 is 0. The van der Waals surface area contributed by atoms with Crippen LogP contribution in [0.25, 0.3) is 0 Å². The van der Waals surface area contributed by atoms with E-state index in [-0.39, 0.29) is 17.7 Å². The second-order valence-corrected chi connectivity index (χ2v) is 3.02. The Morgan fingerprint density at radius 1 is 1.64 bits per heavy atom. The molecule has 1 aliphatic rings. The third kappa shape index (κ3) is 1.59. The van der Waals surface area contributed by atoms with Gasteiger partial charge >= 0.3 is 0 Å². The maximum Gasteiger partial charge on any atom is 0.222 e. The first-order chi connectivity index (χ1) is 5.13. The van der Waals surface area contributed by atoms with Gasteiger partial charge in [-0.1, -0.05) is 0 Å². The average Bonchev–Trinajstić information content (AvgIpc) is 1.94. The molecule has 0 aromatic rings. The lowest BCUT2D eigenvalue weighted by Gasteiger charge is -2.30. The van der Waals surface area contributed by atoms with Crippen molar-refractivity contribution in [2.24, 2.45) is 0 Å². The van der Waals surface area contributed by atoms with E-state index in [0.717, 1.165) is 12.8 Å². The summed E-state index contributed by atoms with van der Waals surface area (Å²) in [7, 11) is 1.70. The molecular weight excluding hydrogens is 142 g/mol. The number of carbonyl (C=O) groups is 2. The van der Waals surface area contributed by atoms with Crippen LogP contribution in [0.3, 0.4) is 0 Å². The number of likely N-dealkylation sites (tertiary alicyclic amines) is 1. The predicted octanol–water partition coefficient (Wildman–Crippen LogP) is 0.586. The van der Waals surface area contributed by atoms with Gasteiger partial charge in [-0.05, 0) is 19.8 Å². The largest absolute Gasteiger partial charge is 0.336 e. The Kier molecular flexibility index (Phi) is 2.27. The SMILES string of the molecule is CC(=O)C1CCCC(=O)N1C. The molecule has 0 radical (unpaired) electrons. The molecule has 3 heteroatoms. The van der Waals surface area contributed by atoms with Crippen LogP contribution in [0.5, 0.6) is 0 Å². The van der Waals surface area contributed by atoms with Crippen molar-refractivity contribution in [3.05, 3.63) is 0 Å². The Bertz CT molecular complexity index is 189. The first kappa shape index (κ1) is 8.24. The minimum Gasteiger partial charge on any atom is -0.336 e. The van der Waals surface area contributed by atoms with Gasteiger partial charge in [-0.3, -0.25) is 9.59 Å². The molecule has 0 N–H and O–H groups in total. The molecule has 11 heavy (non-hydrogen) atoms. The Balaban J connectivity index is 2.65. The molecule has 1 aliphatic heterocycles. The number of hydrogen-bond donors (Lipinski definition) is 0. The lowest BCUT2D eigenvalue weighted by Crippen LogP contribution is -2.44. The molecule has 1 unspecified atom stereocenters. The van der Waals surface area contributed by atoms with Crippen LogP contribution in [0.1, 0.15) is 26.2 Å². The summed E-state index contributed by atoms with van der Waals surface area (Å²) in [6.07, 6.45) is 2.28. The Hall–Kier alpha value is -0.860. The molecular formula is C8H13NO2. The molecule has 0 bridgehead atoms. The molecule has 0 aromatic carbocycles. The number of piperidine rings is 1. The van der Waals surface area contributed by atoms with Crippen molar-refractivity contribution in [3.63, 3.8) is 0 Å². The molecule has 1 amide bonds. The van der Waals surface area contributed by atoms with E-state index in [9.17, 15) is 9.59 Å². The minimum atomic E-state index is -0.156. The number of Topliss-reactive ketones (excluding diaryl/α,β-unsaturated/α-hetero) is 1. The fourth-order valence-corrected chi connectivity index (χ4v) is 1.47. The van der Waals surface area contributed by atoms with Gasteiger partial charge in [-0.2, -0.15) is 0 Å². The second kappa shape index (κ2) is 3.03. The average molecular weight is 155 g/mol. The summed E-state index contributed by atoms with van der Waals surface area (Å²) in [6.45, 7) is 1.54. The number of amides is 1. The smallest absolute Gasteiger partial charge is 0.222 e. The van der Waals surface area contributed by atoms with E-state index in [2.05, 4.69) is 0 Å². The molecule has 1 saturated heterocycles. The van der Waals surface area contributed by atoms with E-state index < -0.39 is 0 Å². The van der Waals surface area contributed by atoms with Crippen molar-refractivity contribution >= 4 is 11.7 Å². The topological polar surface area (TPSA) is 37.4 Å². The summed E-state index contributed by atoms with van der Waals surface area (Å²) in [6, 6.07) is -0.156. The molecule has 0 saturated carbocycles. The van der Waals surface area contributed by atoms with Crippen LogP contribution in [0.2, 0.25) is 0 Å². The molecule has 0 aliphatic carbocycles. The normalized spacial score (nSPS) is 25.5. The van der Waals surface area contributed by atoms with Crippen LogP contribution in [0, 0.1) is 0 Å². The summed E-state index contributed by atoms with van der Waals surface area (Å²) in [5, 5.41) is 0. The van der Waals surface area contributed by atoms with Gasteiger partial charge in [0.2, 0.25) is 5.91 Å². The molecule has 1 atom stereocenters. The van der Waals surface area contributed by atoms with Crippen molar-refractivity contribution in [2.45, 2.75) is 32.2 Å². The Morgan fingerprint density at radius 2 is 2.27 bits per heavy atom. The van der Waals surface area contributed by atoms with E-state index in [4.69, 9.17) is 0 Å². The summed E-state index contributed by atoms with van der Waals surface area (Å²) in [5.41, 5.74) is 0. The zero-order chi connectivity index (χ0) is 8.43. The van der Waals surface area contributed by atoms with E-state index >= 15 is 0 Å². The van der Waals surface area contributed by atoms with Gasteiger partial charge < -0.3 is 4.90 Å². The van der Waals surface area contributed by atoms with Gasteiger partial charge in [0.15, 0.2) is 5.78 Å².